The molecule has 0 unspecified atom stereocenters. The second-order valence-corrected chi connectivity index (χ2v) is 40.7. The average molecular weight is 1960 g/mol. The number of rotatable bonds is 21. The standard InChI is InChI=1S/C30H28N6O2.C29H32N6O2.C27H29FN6O2.C26H27FN6O2/c1-19-8-6-11-23(31-19)21-16-14-20(15-17-21)18-35-29(38-22-9-4-3-5-10-22)26-27(33-35)36-25-13-7-12-24(25)32-30(36)34(2)28(26)37;1-18-7-5-10-22(30-18)20-15-13-19(14-16-20)17-34-28(37-21-8-3-4-9-21)25-26(32-34)35-24-12-6-11-23(24)31-29(35)33(2)27(25)36;1-16(2)15-36-26-23-24(34-21-8-4-7-20(21)30-27(34)32(3)25(23)35)31-33(26)14-17-10-12-18(13-11-17)19-6-5-9-22(28)29-19;1-15(2)35-25-22-23(33-20-8-4-7-19(20)29-26(33)31(3)24(22)34)30-32(25)14-16-10-12-17(13-11-16)18-6-5-9-21(27)28-18/h3-6,8-11,14-17,24-25H,7,12-13,18H2,1-2H3;5,7,10,13-16,21,23-24H,3-4,6,8-9,11-12,17H2,1-2H3;5-6,9-13,16,20-21H,4,7-8,14-15H2,1-3H3;5-6,9-13,15,19-20H,4,7-8,14H2,1-3H3/t24-,25+;23-,24+;20-,21+;19-,20+/m1111/s1. The number of hydrogen-bond donors (Lipinski definition) is 0. The number of benzene rings is 5. The number of aliphatic imine (C=N–C) groups is 4. The zero-order valence-electron chi connectivity index (χ0n) is 83.5. The van der Waals surface area contributed by atoms with E-state index >= 15 is 0 Å². The molecule has 0 saturated heterocycles. The van der Waals surface area contributed by atoms with Crippen molar-refractivity contribution in [2.75, 3.05) is 54.4 Å². The zero-order valence-corrected chi connectivity index (χ0v) is 83.5. The smallest absolute Gasteiger partial charge is 0.269 e. The van der Waals surface area contributed by atoms with Gasteiger partial charge in [-0.2, -0.15) is 29.2 Å². The lowest BCUT2D eigenvalue weighted by Crippen LogP contribution is -2.51. The Morgan fingerprint density at radius 3 is 0.993 bits per heavy atom. The second kappa shape index (κ2) is 38.8. The summed E-state index contributed by atoms with van der Waals surface area (Å²) in [6.45, 7) is 14.4. The van der Waals surface area contributed by atoms with E-state index in [1.807, 2.05) is 159 Å². The Bertz CT molecular complexity index is 7350. The first-order valence-corrected chi connectivity index (χ1v) is 51.2. The minimum absolute atomic E-state index is 0.0786. The Morgan fingerprint density at radius 2 is 0.651 bits per heavy atom. The van der Waals surface area contributed by atoms with E-state index in [1.165, 1.54) is 12.1 Å². The zero-order chi connectivity index (χ0) is 100. The molecular weight excluding hydrogens is 1850 g/mol. The van der Waals surface area contributed by atoms with Crippen molar-refractivity contribution in [3.8, 4) is 74.3 Å². The first-order valence-electron chi connectivity index (χ1n) is 51.2. The molecule has 13 aliphatic rings. The SMILES string of the molecule is CC(C)COc1c2c(nn1Cc1ccc(-c3cccc(F)n3)cc1)N1C(=N[C@@H]3CCC[C@@H]31)N(C)C2=O.CC(C)Oc1c2c(nn1Cc1ccc(-c3cccc(F)n3)cc1)N1C(=N[C@@H]3CCC[C@@H]31)N(C)C2=O.Cc1cccc(-c2ccc(Cn3nc4c(c3OC3CCCC3)C(=O)N(C)C3=N[C@@H]5CCC[C@@H]5N34)cc2)n1.Cc1cccc(-c2ccc(Cn3nc4c(c3Oc3ccccc3)C(=O)N(C)C3=N[C@@H]5CCC[C@@H]5N34)cc2)n1. The third kappa shape index (κ3) is 17.6. The van der Waals surface area contributed by atoms with E-state index in [-0.39, 0.29) is 84.2 Å². The maximum Gasteiger partial charge on any atom is 0.269 e. The Morgan fingerprint density at radius 1 is 0.336 bits per heavy atom. The van der Waals surface area contributed by atoms with Crippen molar-refractivity contribution in [2.45, 2.75) is 231 Å². The van der Waals surface area contributed by atoms with E-state index in [0.29, 0.717) is 143 Å². The quantitative estimate of drug-likeness (QED) is 0.0603. The van der Waals surface area contributed by atoms with E-state index < -0.39 is 11.9 Å². The van der Waals surface area contributed by atoms with Crippen LogP contribution in [0.4, 0.5) is 32.1 Å². The largest absolute Gasteiger partial charge is 0.477 e. The van der Waals surface area contributed by atoms with Crippen LogP contribution in [0.25, 0.3) is 45.0 Å². The molecule has 8 aromatic heterocycles. The van der Waals surface area contributed by atoms with Gasteiger partial charge in [-0.1, -0.05) is 153 Å². The van der Waals surface area contributed by atoms with Crippen LogP contribution in [0.5, 0.6) is 29.3 Å². The van der Waals surface area contributed by atoms with Crippen LogP contribution in [-0.4, -0.2) is 221 Å². The number of ether oxygens (including phenoxy) is 4. The molecule has 26 rings (SSSR count). The first kappa shape index (κ1) is 94.0. The number of carbonyl (C=O) groups excluding carboxylic acids is 4. The number of aromatic nitrogens is 12. The molecule has 5 aliphatic carbocycles. The minimum Gasteiger partial charge on any atom is -0.477 e. The van der Waals surface area contributed by atoms with Crippen molar-refractivity contribution >= 4 is 70.7 Å². The van der Waals surface area contributed by atoms with Gasteiger partial charge in [0.1, 0.15) is 34.1 Å². The Hall–Kier alpha value is -15.6. The molecule has 5 fully saturated rings. The second-order valence-electron chi connectivity index (χ2n) is 40.7. The molecule has 0 N–H and O–H groups in total. The summed E-state index contributed by atoms with van der Waals surface area (Å²) in [4.78, 5) is 106. The molecule has 0 radical (unpaired) electrons. The van der Waals surface area contributed by atoms with Crippen molar-refractivity contribution in [1.82, 2.24) is 78.7 Å². The predicted molar refractivity (Wildman–Crippen MR) is 553 cm³/mol. The number of pyridine rings is 4. The van der Waals surface area contributed by atoms with Crippen molar-refractivity contribution < 1.29 is 46.9 Å². The summed E-state index contributed by atoms with van der Waals surface area (Å²) in [6, 6.07) is 65.3. The molecule has 16 heterocycles. The van der Waals surface area contributed by atoms with Gasteiger partial charge >= 0.3 is 0 Å². The summed E-state index contributed by atoms with van der Waals surface area (Å²) in [7, 11) is 7.17. The number of para-hydroxylation sites is 1. The third-order valence-corrected chi connectivity index (χ3v) is 29.8. The van der Waals surface area contributed by atoms with Crippen LogP contribution >= 0.6 is 0 Å². The third-order valence-electron chi connectivity index (χ3n) is 29.8. The number of amides is 4. The molecule has 8 atom stereocenters. The lowest BCUT2D eigenvalue weighted by Gasteiger charge is -2.33. The van der Waals surface area contributed by atoms with Crippen molar-refractivity contribution in [2.24, 2.45) is 25.9 Å². The number of carbonyl (C=O) groups is 4. The number of nitrogens with zero attached hydrogens (tertiary/aromatic N) is 24. The molecule has 0 bridgehead atoms. The van der Waals surface area contributed by atoms with Gasteiger partial charge < -0.3 is 18.9 Å². The average Bonchev–Trinajstić information content (AvgIpc) is 1.58. The van der Waals surface area contributed by atoms with E-state index in [0.717, 1.165) is 176 Å². The topological polar surface area (TPSA) is 303 Å². The molecule has 8 aliphatic heterocycles. The van der Waals surface area contributed by atoms with Crippen LogP contribution in [0.2, 0.25) is 0 Å². The maximum atomic E-state index is 13.7. The predicted octanol–water partition coefficient (Wildman–Crippen LogP) is 18.5. The highest BCUT2D eigenvalue weighted by molar-refractivity contribution is 6.23. The lowest BCUT2D eigenvalue weighted by atomic mass is 10.1. The molecule has 34 heteroatoms. The van der Waals surface area contributed by atoms with Gasteiger partial charge in [0.05, 0.1) is 110 Å². The van der Waals surface area contributed by atoms with Gasteiger partial charge in [0.2, 0.25) is 59.3 Å². The fraction of sp³-hybridized carbons (Fsp3) is 0.375. The molecule has 4 amide bonds. The highest BCUT2D eigenvalue weighted by Crippen LogP contribution is 2.50. The highest BCUT2D eigenvalue weighted by Gasteiger charge is 2.55. The molecule has 5 aromatic carbocycles. The summed E-state index contributed by atoms with van der Waals surface area (Å²) in [5, 5.41) is 19.9. The number of fused-ring (bicyclic) bond motifs is 20. The monoisotopic (exact) mass is 1960 g/mol. The summed E-state index contributed by atoms with van der Waals surface area (Å²) < 4.78 is 59.7. The highest BCUT2D eigenvalue weighted by atomic mass is 19.1. The number of halogens is 2. The van der Waals surface area contributed by atoms with Crippen LogP contribution in [0, 0.1) is 31.7 Å². The number of guanidine groups is 4. The molecule has 13 aromatic rings. The minimum atomic E-state index is -0.506. The van der Waals surface area contributed by atoms with Crippen molar-refractivity contribution in [1.29, 1.82) is 0 Å². The van der Waals surface area contributed by atoms with Crippen LogP contribution in [0.3, 0.4) is 0 Å². The first-order chi connectivity index (χ1) is 70.9. The number of anilines is 4. The van der Waals surface area contributed by atoms with E-state index in [1.54, 1.807) is 74.4 Å². The summed E-state index contributed by atoms with van der Waals surface area (Å²) in [6.07, 6.45) is 17.2. The van der Waals surface area contributed by atoms with Crippen molar-refractivity contribution in [3.63, 3.8) is 0 Å². The van der Waals surface area contributed by atoms with Gasteiger partial charge in [-0.05, 0) is 219 Å². The number of aryl methyl sites for hydroxylation is 2. The van der Waals surface area contributed by atoms with Crippen LogP contribution in [-0.2, 0) is 26.2 Å². The van der Waals surface area contributed by atoms with Gasteiger partial charge in [-0.3, -0.25) is 68.3 Å². The van der Waals surface area contributed by atoms with Gasteiger partial charge in [-0.25, -0.2) is 48.7 Å². The lowest BCUT2D eigenvalue weighted by molar-refractivity contribution is 0.0847. The normalized spacial score (nSPS) is 20.9. The fourth-order valence-corrected chi connectivity index (χ4v) is 22.6. The van der Waals surface area contributed by atoms with Gasteiger partial charge in [0, 0.05) is 61.8 Å². The Kier molecular flexibility index (Phi) is 25.0. The molecular formula is C112H116F2N24O8. The van der Waals surface area contributed by atoms with E-state index in [9.17, 15) is 28.0 Å². The molecule has 146 heavy (non-hydrogen) atoms. The van der Waals surface area contributed by atoms with Crippen LogP contribution in [0.15, 0.2) is 220 Å². The molecule has 0 spiro atoms. The van der Waals surface area contributed by atoms with Crippen LogP contribution in [0.1, 0.15) is 206 Å². The van der Waals surface area contributed by atoms with E-state index in [4.69, 9.17) is 59.3 Å². The van der Waals surface area contributed by atoms with Crippen LogP contribution < -0.4 is 38.5 Å². The summed E-state index contributed by atoms with van der Waals surface area (Å²) in [5.74, 6) is 6.89. The van der Waals surface area contributed by atoms with Gasteiger partial charge in [0.25, 0.3) is 23.6 Å². The maximum absolute atomic E-state index is 13.7. The number of hydrogen-bond acceptors (Lipinski definition) is 24. The van der Waals surface area contributed by atoms with Crippen molar-refractivity contribution in [3.05, 3.63) is 268 Å². The summed E-state index contributed by atoms with van der Waals surface area (Å²) >= 11 is 0. The van der Waals surface area contributed by atoms with Gasteiger partial charge in [0.15, 0.2) is 23.3 Å². The molecule has 32 nitrogen and oxygen atoms in total. The fourth-order valence-electron chi connectivity index (χ4n) is 22.6. The molecule has 5 saturated carbocycles. The Balaban J connectivity index is 0.000000107. The summed E-state index contributed by atoms with van der Waals surface area (Å²) in [5.41, 5.74) is 15.0. The Labute approximate surface area is 845 Å². The van der Waals surface area contributed by atoms with E-state index in [2.05, 4.69) is 102 Å². The van der Waals surface area contributed by atoms with Gasteiger partial charge in [-0.15, -0.1) is 0 Å². The molecule has 746 valence electrons.